The lowest BCUT2D eigenvalue weighted by Crippen LogP contribution is -2.37. The van der Waals surface area contributed by atoms with E-state index in [0.29, 0.717) is 23.7 Å². The summed E-state index contributed by atoms with van der Waals surface area (Å²) in [5.41, 5.74) is 2.25. The van der Waals surface area contributed by atoms with Crippen LogP contribution >= 0.6 is 0 Å². The Morgan fingerprint density at radius 2 is 2.10 bits per heavy atom. The van der Waals surface area contributed by atoms with Gasteiger partial charge < -0.3 is 15.7 Å². The van der Waals surface area contributed by atoms with Gasteiger partial charge in [-0.2, -0.15) is 5.10 Å². The van der Waals surface area contributed by atoms with E-state index in [1.807, 2.05) is 18.3 Å². The number of carbonyl (C=O) groups excluding carboxylic acids is 1. The predicted octanol–water partition coefficient (Wildman–Crippen LogP) is 2.93. The number of fused-ring (bicyclic) bond motifs is 1. The largest absolute Gasteiger partial charge is 0.465 e. The fourth-order valence-corrected chi connectivity index (χ4v) is 4.67. The summed E-state index contributed by atoms with van der Waals surface area (Å²) in [6.45, 7) is 3.00. The van der Waals surface area contributed by atoms with Crippen LogP contribution in [0.25, 0.3) is 5.65 Å². The zero-order valence-electron chi connectivity index (χ0n) is 16.8. The minimum Gasteiger partial charge on any atom is -0.465 e. The highest BCUT2D eigenvalue weighted by Gasteiger charge is 2.30. The van der Waals surface area contributed by atoms with Crippen molar-refractivity contribution in [3.63, 3.8) is 0 Å². The van der Waals surface area contributed by atoms with Crippen LogP contribution in [0.1, 0.15) is 62.9 Å². The lowest BCUT2D eigenvalue weighted by Gasteiger charge is -2.31. The van der Waals surface area contributed by atoms with Gasteiger partial charge in [0.15, 0.2) is 5.65 Å². The average Bonchev–Trinajstić information content (AvgIpc) is 3.12. The van der Waals surface area contributed by atoms with Crippen LogP contribution in [0.2, 0.25) is 0 Å². The highest BCUT2D eigenvalue weighted by molar-refractivity contribution is 5.79. The van der Waals surface area contributed by atoms with E-state index in [1.165, 1.54) is 0 Å². The van der Waals surface area contributed by atoms with Gasteiger partial charge >= 0.3 is 6.09 Å². The molecule has 0 bridgehead atoms. The summed E-state index contributed by atoms with van der Waals surface area (Å²) in [6, 6.07) is 3.48. The maximum absolute atomic E-state index is 12.0. The molecule has 4 rings (SSSR count). The molecule has 0 unspecified atom stereocenters. The number of hydrogen-bond donors (Lipinski definition) is 3. The number of carbonyl (C=O) groups is 2. The molecule has 0 spiro atoms. The van der Waals surface area contributed by atoms with E-state index in [4.69, 9.17) is 0 Å². The number of imidazole rings is 1. The molecule has 2 amide bonds. The third-order valence-corrected chi connectivity index (χ3v) is 6.38. The van der Waals surface area contributed by atoms with E-state index in [9.17, 15) is 14.7 Å². The van der Waals surface area contributed by atoms with Crippen molar-refractivity contribution in [2.75, 3.05) is 6.54 Å². The van der Waals surface area contributed by atoms with Gasteiger partial charge in [-0.05, 0) is 49.7 Å². The molecule has 2 aliphatic rings. The van der Waals surface area contributed by atoms with Gasteiger partial charge in [-0.3, -0.25) is 4.79 Å². The van der Waals surface area contributed by atoms with Crippen molar-refractivity contribution in [3.8, 4) is 0 Å². The Kier molecular flexibility index (Phi) is 5.69. The predicted molar refractivity (Wildman–Crippen MR) is 107 cm³/mol. The molecule has 1 aliphatic heterocycles. The molecule has 8 nitrogen and oxygen atoms in total. The second kappa shape index (κ2) is 8.39. The van der Waals surface area contributed by atoms with Gasteiger partial charge in [0.1, 0.15) is 0 Å². The minimum absolute atomic E-state index is 0.0395. The maximum Gasteiger partial charge on any atom is 0.405 e. The fraction of sp³-hybridized carbons (Fsp3) is 0.619. The molecule has 1 aliphatic carbocycles. The molecule has 2 atom stereocenters. The number of amides is 2. The Morgan fingerprint density at radius 1 is 1.31 bits per heavy atom. The number of rotatable bonds is 5. The van der Waals surface area contributed by atoms with E-state index in [0.717, 1.165) is 50.8 Å². The number of carboxylic acid groups (broad SMARTS) is 1. The Labute approximate surface area is 170 Å². The van der Waals surface area contributed by atoms with Crippen LogP contribution in [0.15, 0.2) is 18.3 Å². The third kappa shape index (κ3) is 4.52. The molecule has 3 heterocycles. The van der Waals surface area contributed by atoms with Crippen LogP contribution in [0, 0.1) is 17.8 Å². The van der Waals surface area contributed by atoms with Gasteiger partial charge in [-0.25, -0.2) is 14.3 Å². The molecule has 0 radical (unpaired) electrons. The number of nitrogens with one attached hydrogen (secondary N) is 2. The lowest BCUT2D eigenvalue weighted by molar-refractivity contribution is -0.126. The zero-order chi connectivity index (χ0) is 20.4. The van der Waals surface area contributed by atoms with E-state index in [1.54, 1.807) is 4.52 Å². The molecule has 1 saturated heterocycles. The first kappa shape index (κ1) is 19.7. The van der Waals surface area contributed by atoms with Crippen molar-refractivity contribution < 1.29 is 14.7 Å². The molecule has 0 aromatic carbocycles. The molecular weight excluding hydrogens is 370 g/mol. The number of aromatic nitrogens is 3. The average molecular weight is 399 g/mol. The summed E-state index contributed by atoms with van der Waals surface area (Å²) in [4.78, 5) is 28.1. The van der Waals surface area contributed by atoms with Crippen molar-refractivity contribution in [2.45, 2.75) is 57.9 Å². The summed E-state index contributed by atoms with van der Waals surface area (Å²) in [7, 11) is 0. The van der Waals surface area contributed by atoms with Crippen molar-refractivity contribution in [1.29, 1.82) is 0 Å². The molecule has 2 aromatic heterocycles. The van der Waals surface area contributed by atoms with Crippen molar-refractivity contribution in [2.24, 2.45) is 17.8 Å². The Hall–Kier alpha value is -2.64. The molecule has 3 N–H and O–H groups in total. The van der Waals surface area contributed by atoms with Gasteiger partial charge in [-0.1, -0.05) is 19.8 Å². The van der Waals surface area contributed by atoms with Gasteiger partial charge in [0.25, 0.3) is 0 Å². The van der Waals surface area contributed by atoms with Crippen LogP contribution in [0.5, 0.6) is 0 Å². The van der Waals surface area contributed by atoms with E-state index in [2.05, 4.69) is 27.6 Å². The lowest BCUT2D eigenvalue weighted by atomic mass is 9.78. The minimum atomic E-state index is -1.03. The van der Waals surface area contributed by atoms with E-state index >= 15 is 0 Å². The van der Waals surface area contributed by atoms with Gasteiger partial charge in [-0.15, -0.1) is 0 Å². The van der Waals surface area contributed by atoms with Crippen LogP contribution < -0.4 is 10.6 Å². The molecule has 2 aromatic rings. The first-order valence-corrected chi connectivity index (χ1v) is 10.6. The van der Waals surface area contributed by atoms with Gasteiger partial charge in [0.2, 0.25) is 5.91 Å². The maximum atomic E-state index is 12.0. The van der Waals surface area contributed by atoms with Crippen LogP contribution in [-0.2, 0) is 11.2 Å². The molecule has 8 heteroatoms. The zero-order valence-corrected chi connectivity index (χ0v) is 16.8. The highest BCUT2D eigenvalue weighted by Crippen LogP contribution is 2.36. The normalized spacial score (nSPS) is 26.1. The van der Waals surface area contributed by atoms with Crippen LogP contribution in [0.4, 0.5) is 4.79 Å². The van der Waals surface area contributed by atoms with Crippen molar-refractivity contribution in [1.82, 2.24) is 25.2 Å². The number of hydrogen-bond acceptors (Lipinski definition) is 4. The Bertz CT molecular complexity index is 888. The topological polar surface area (TPSA) is 109 Å². The molecule has 29 heavy (non-hydrogen) atoms. The molecule has 156 valence electrons. The van der Waals surface area contributed by atoms with Crippen molar-refractivity contribution in [3.05, 3.63) is 29.7 Å². The smallest absolute Gasteiger partial charge is 0.405 e. The second-order valence-corrected chi connectivity index (χ2v) is 8.57. The summed E-state index contributed by atoms with van der Waals surface area (Å²) in [5.74, 6) is 1.00. The van der Waals surface area contributed by atoms with Gasteiger partial charge in [0, 0.05) is 18.9 Å². The number of piperidine rings is 1. The quantitative estimate of drug-likeness (QED) is 0.716. The first-order chi connectivity index (χ1) is 14.0. The van der Waals surface area contributed by atoms with Crippen molar-refractivity contribution >= 4 is 17.6 Å². The SMILES string of the molecule is CC1CCC([C@H](NC(=O)O)c2cn3nc(C[C@@H]4CCCNC4=O)ccc3n2)CC1. The first-order valence-electron chi connectivity index (χ1n) is 10.6. The summed E-state index contributed by atoms with van der Waals surface area (Å²) < 4.78 is 1.72. The second-order valence-electron chi connectivity index (χ2n) is 8.57. The molecular formula is C21H29N5O3. The summed E-state index contributed by atoms with van der Waals surface area (Å²) in [6.07, 6.45) is 7.50. The standard InChI is InChI=1S/C21H29N5O3/c1-13-4-6-14(7-5-13)19(24-21(28)29)17-12-26-18(23-17)9-8-16(25-26)11-15-3-2-10-22-20(15)27/h8-9,12-15,19,24H,2-7,10-11H2,1H3,(H,22,27)(H,28,29)/t13?,14?,15-,19-/m0/s1. The monoisotopic (exact) mass is 399 g/mol. The van der Waals surface area contributed by atoms with E-state index in [-0.39, 0.29) is 23.8 Å². The fourth-order valence-electron chi connectivity index (χ4n) is 4.67. The van der Waals surface area contributed by atoms with Crippen LogP contribution in [-0.4, -0.2) is 38.2 Å². The Morgan fingerprint density at radius 3 is 2.83 bits per heavy atom. The summed E-state index contributed by atoms with van der Waals surface area (Å²) >= 11 is 0. The molecule has 2 fully saturated rings. The number of nitrogens with zero attached hydrogens (tertiary/aromatic N) is 3. The highest BCUT2D eigenvalue weighted by atomic mass is 16.4. The van der Waals surface area contributed by atoms with E-state index < -0.39 is 6.09 Å². The third-order valence-electron chi connectivity index (χ3n) is 6.38. The summed E-state index contributed by atoms with van der Waals surface area (Å²) in [5, 5.41) is 19.6. The molecule has 1 saturated carbocycles. The Balaban J connectivity index is 1.56. The van der Waals surface area contributed by atoms with Gasteiger partial charge in [0.05, 0.1) is 23.6 Å². The van der Waals surface area contributed by atoms with Crippen LogP contribution in [0.3, 0.4) is 0 Å².